The van der Waals surface area contributed by atoms with Crippen LogP contribution in [-0.4, -0.2) is 53.0 Å². The van der Waals surface area contributed by atoms with E-state index in [1.165, 1.54) is 10.6 Å². The van der Waals surface area contributed by atoms with Crippen molar-refractivity contribution in [2.24, 2.45) is 0 Å². The number of carbonyl (C=O) groups excluding carboxylic acids is 1. The molecule has 0 atom stereocenters. The summed E-state index contributed by atoms with van der Waals surface area (Å²) < 4.78 is 15.2. The third kappa shape index (κ3) is 6.17. The number of Topliss-reactive ketones (excluding diaryl/α,β-unsaturated/α-hetero) is 1. The van der Waals surface area contributed by atoms with Crippen molar-refractivity contribution < 1.29 is 9.18 Å². The van der Waals surface area contributed by atoms with Crippen molar-refractivity contribution in [1.82, 2.24) is 14.5 Å². The van der Waals surface area contributed by atoms with Gasteiger partial charge in [-0.2, -0.15) is 0 Å². The molecule has 1 aliphatic rings. The number of halogens is 1. The van der Waals surface area contributed by atoms with E-state index in [4.69, 9.17) is 0 Å². The highest BCUT2D eigenvalue weighted by atomic mass is 19.1. The lowest BCUT2D eigenvalue weighted by molar-refractivity contribution is 0.0978. The van der Waals surface area contributed by atoms with Gasteiger partial charge in [0.15, 0.2) is 5.78 Å². The summed E-state index contributed by atoms with van der Waals surface area (Å²) in [5, 5.41) is 0.382. The molecule has 39 heavy (non-hydrogen) atoms. The number of fused-ring (bicyclic) bond motifs is 1. The number of H-pyrrole nitrogens is 1. The van der Waals surface area contributed by atoms with Gasteiger partial charge in [0.1, 0.15) is 5.82 Å². The predicted octanol–water partition coefficient (Wildman–Crippen LogP) is 4.36. The molecule has 0 aliphatic carbocycles. The molecule has 0 bridgehead atoms. The minimum atomic E-state index is -0.493. The maximum Gasteiger partial charge on any atom is 0.329 e. The third-order valence-corrected chi connectivity index (χ3v) is 7.46. The summed E-state index contributed by atoms with van der Waals surface area (Å²) in [5.74, 6) is -0.193. The molecule has 202 valence electrons. The molecular weight excluding hydrogens is 495 g/mol. The van der Waals surface area contributed by atoms with Gasteiger partial charge in [0.05, 0.1) is 23.1 Å². The van der Waals surface area contributed by atoms with Crippen LogP contribution in [0.3, 0.4) is 0 Å². The summed E-state index contributed by atoms with van der Waals surface area (Å²) in [6.07, 6.45) is 2.04. The van der Waals surface area contributed by atoms with Crippen LogP contribution in [-0.2, 0) is 6.54 Å². The Hall–Kier alpha value is -4.04. The first kappa shape index (κ1) is 26.6. The fourth-order valence-electron chi connectivity index (χ4n) is 5.13. The third-order valence-electron chi connectivity index (χ3n) is 7.46. The molecule has 1 aliphatic heterocycles. The number of para-hydroxylation sites is 1. The van der Waals surface area contributed by atoms with Gasteiger partial charge in [-0.05, 0) is 56.1 Å². The van der Waals surface area contributed by atoms with Gasteiger partial charge in [0, 0.05) is 38.2 Å². The van der Waals surface area contributed by atoms with Gasteiger partial charge in [0.2, 0.25) is 0 Å². The molecule has 0 amide bonds. The van der Waals surface area contributed by atoms with Crippen LogP contribution in [0.1, 0.15) is 40.7 Å². The van der Waals surface area contributed by atoms with E-state index in [2.05, 4.69) is 14.8 Å². The topological polar surface area (TPSA) is 78.4 Å². The molecule has 8 heteroatoms. The Morgan fingerprint density at radius 1 is 0.923 bits per heavy atom. The Balaban J connectivity index is 1.14. The number of carbonyl (C=O) groups is 1. The normalized spacial score (nSPS) is 14.2. The van der Waals surface area contributed by atoms with Gasteiger partial charge in [-0.15, -0.1) is 0 Å². The van der Waals surface area contributed by atoms with E-state index < -0.39 is 5.69 Å². The SMILES string of the molecule is Cc1ccc(Cn2c(=O)[nH]c3cc(C(=O)CCCCN4CCN(c5ccccc5F)CC4)ccc3c2=O)cc1. The van der Waals surface area contributed by atoms with Crippen molar-refractivity contribution in [3.63, 3.8) is 0 Å². The lowest BCUT2D eigenvalue weighted by Gasteiger charge is -2.36. The molecule has 3 aromatic carbocycles. The van der Waals surface area contributed by atoms with Gasteiger partial charge in [-0.25, -0.2) is 9.18 Å². The standard InChI is InChI=1S/C31H33FN4O3/c1-22-9-11-23(12-10-22)21-36-30(38)25-14-13-24(20-27(25)33-31(36)39)29(37)8-4-5-15-34-16-18-35(19-17-34)28-7-3-2-6-26(28)32/h2-3,6-7,9-14,20H,4-5,8,15-19,21H2,1H3,(H,33,39). The second-order valence-corrected chi connectivity index (χ2v) is 10.2. The molecule has 4 aromatic rings. The van der Waals surface area contributed by atoms with E-state index in [-0.39, 0.29) is 23.7 Å². The van der Waals surface area contributed by atoms with Crippen molar-refractivity contribution in [3.8, 4) is 0 Å². The second kappa shape index (κ2) is 11.8. The van der Waals surface area contributed by atoms with Gasteiger partial charge < -0.3 is 9.88 Å². The zero-order chi connectivity index (χ0) is 27.4. The van der Waals surface area contributed by atoms with Gasteiger partial charge in [-0.1, -0.05) is 48.0 Å². The van der Waals surface area contributed by atoms with Crippen molar-refractivity contribution in [2.75, 3.05) is 37.6 Å². The zero-order valence-electron chi connectivity index (χ0n) is 22.2. The van der Waals surface area contributed by atoms with Crippen molar-refractivity contribution >= 4 is 22.4 Å². The number of unbranched alkanes of at least 4 members (excludes halogenated alkanes) is 1. The Kier molecular flexibility index (Phi) is 8.02. The minimum absolute atomic E-state index is 0.00837. The second-order valence-electron chi connectivity index (χ2n) is 10.2. The molecule has 0 spiro atoms. The maximum atomic E-state index is 14.0. The van der Waals surface area contributed by atoms with Crippen LogP contribution in [0.2, 0.25) is 0 Å². The summed E-state index contributed by atoms with van der Waals surface area (Å²) in [6.45, 7) is 6.34. The predicted molar refractivity (Wildman–Crippen MR) is 152 cm³/mol. The van der Waals surface area contributed by atoms with E-state index in [0.717, 1.165) is 56.7 Å². The van der Waals surface area contributed by atoms with Crippen LogP contribution < -0.4 is 16.1 Å². The zero-order valence-corrected chi connectivity index (χ0v) is 22.2. The van der Waals surface area contributed by atoms with Gasteiger partial charge in [0.25, 0.3) is 5.56 Å². The van der Waals surface area contributed by atoms with Crippen LogP contribution in [0.4, 0.5) is 10.1 Å². The summed E-state index contributed by atoms with van der Waals surface area (Å²) in [6, 6.07) is 19.5. The van der Waals surface area contributed by atoms with E-state index in [0.29, 0.717) is 28.6 Å². The molecule has 0 radical (unpaired) electrons. The molecule has 1 fully saturated rings. The highest BCUT2D eigenvalue weighted by Gasteiger charge is 2.19. The van der Waals surface area contributed by atoms with Gasteiger partial charge >= 0.3 is 5.69 Å². The number of hydrogen-bond acceptors (Lipinski definition) is 5. The number of hydrogen-bond donors (Lipinski definition) is 1. The first-order valence-electron chi connectivity index (χ1n) is 13.5. The fraction of sp³-hybridized carbons (Fsp3) is 0.323. The number of aromatic nitrogens is 2. The Morgan fingerprint density at radius 3 is 2.41 bits per heavy atom. The number of nitrogens with one attached hydrogen (secondary N) is 1. The summed E-state index contributed by atoms with van der Waals surface area (Å²) in [5.41, 5.74) is 2.64. The lowest BCUT2D eigenvalue weighted by atomic mass is 10.0. The van der Waals surface area contributed by atoms with E-state index in [9.17, 15) is 18.8 Å². The number of ketones is 1. The van der Waals surface area contributed by atoms with Gasteiger partial charge in [-0.3, -0.25) is 19.1 Å². The summed E-state index contributed by atoms with van der Waals surface area (Å²) in [4.78, 5) is 45.7. The van der Waals surface area contributed by atoms with E-state index in [1.54, 1.807) is 24.3 Å². The number of piperazine rings is 1. The number of rotatable bonds is 9. The van der Waals surface area contributed by atoms with Crippen LogP contribution in [0.5, 0.6) is 0 Å². The van der Waals surface area contributed by atoms with E-state index >= 15 is 0 Å². The number of aromatic amines is 1. The molecule has 0 saturated carbocycles. The molecular formula is C31H33FN4O3. The quantitative estimate of drug-likeness (QED) is 0.258. The van der Waals surface area contributed by atoms with Crippen molar-refractivity contribution in [1.29, 1.82) is 0 Å². The molecule has 0 unspecified atom stereocenters. The molecule has 1 saturated heterocycles. The lowest BCUT2D eigenvalue weighted by Crippen LogP contribution is -2.46. The first-order valence-corrected chi connectivity index (χ1v) is 13.5. The average molecular weight is 529 g/mol. The smallest absolute Gasteiger partial charge is 0.329 e. The highest BCUT2D eigenvalue weighted by molar-refractivity contribution is 5.99. The molecule has 1 N–H and O–H groups in total. The first-order chi connectivity index (χ1) is 18.9. The molecule has 5 rings (SSSR count). The number of aryl methyl sites for hydroxylation is 1. The summed E-state index contributed by atoms with van der Waals surface area (Å²) >= 11 is 0. The van der Waals surface area contributed by atoms with Crippen molar-refractivity contribution in [2.45, 2.75) is 32.7 Å². The Morgan fingerprint density at radius 2 is 1.67 bits per heavy atom. The minimum Gasteiger partial charge on any atom is -0.367 e. The Bertz CT molecular complexity index is 1580. The average Bonchev–Trinajstić information content (AvgIpc) is 2.94. The van der Waals surface area contributed by atoms with Crippen LogP contribution in [0.25, 0.3) is 10.9 Å². The molecule has 2 heterocycles. The largest absolute Gasteiger partial charge is 0.367 e. The van der Waals surface area contributed by atoms with E-state index in [1.807, 2.05) is 43.3 Å². The highest BCUT2D eigenvalue weighted by Crippen LogP contribution is 2.20. The van der Waals surface area contributed by atoms with Crippen LogP contribution in [0, 0.1) is 12.7 Å². The number of nitrogens with zero attached hydrogens (tertiary/aromatic N) is 3. The fourth-order valence-corrected chi connectivity index (χ4v) is 5.13. The molecule has 1 aromatic heterocycles. The maximum absolute atomic E-state index is 14.0. The van der Waals surface area contributed by atoms with Crippen LogP contribution in [0.15, 0.2) is 76.3 Å². The number of benzene rings is 3. The summed E-state index contributed by atoms with van der Waals surface area (Å²) in [7, 11) is 0. The number of anilines is 1. The monoisotopic (exact) mass is 528 g/mol. The van der Waals surface area contributed by atoms with Crippen molar-refractivity contribution in [3.05, 3.63) is 110 Å². The Labute approximate surface area is 226 Å². The van der Waals surface area contributed by atoms with Crippen LogP contribution >= 0.6 is 0 Å². The molecule has 7 nitrogen and oxygen atoms in total.